The molecule has 1 fully saturated rings. The number of urea groups is 1. The Morgan fingerprint density at radius 2 is 1.90 bits per heavy atom. The molecule has 3 rings (SSSR count). The number of benzene rings is 1. The van der Waals surface area contributed by atoms with Gasteiger partial charge in [-0.1, -0.05) is 18.2 Å². The maximum atomic E-state index is 12.1. The van der Waals surface area contributed by atoms with Crippen LogP contribution < -0.4 is 21.7 Å². The van der Waals surface area contributed by atoms with Gasteiger partial charge in [-0.15, -0.1) is 0 Å². The molecule has 3 amide bonds. The van der Waals surface area contributed by atoms with Crippen LogP contribution in [0.5, 0.6) is 0 Å². The number of hydrogen-bond donors (Lipinski definition) is 5. The molecule has 0 atom stereocenters. The molecule has 0 aliphatic carbocycles. The Bertz CT molecular complexity index is 913. The number of guanidine groups is 1. The number of anilines is 1. The summed E-state index contributed by atoms with van der Waals surface area (Å²) < 4.78 is 5.25. The molecule has 1 aliphatic rings. The number of carbonyl (C=O) groups excluding carboxylic acids is 2. The molecule has 0 spiro atoms. The fourth-order valence-corrected chi connectivity index (χ4v) is 3.03. The lowest BCUT2D eigenvalue weighted by atomic mass is 10.1. The van der Waals surface area contributed by atoms with Crippen molar-refractivity contribution < 1.29 is 14.3 Å². The first-order valence-electron chi connectivity index (χ1n) is 9.91. The molecular weight excluding hydrogens is 400 g/mol. The number of amides is 3. The monoisotopic (exact) mass is 426 g/mol. The molecule has 2 heterocycles. The first-order valence-corrected chi connectivity index (χ1v) is 9.91. The summed E-state index contributed by atoms with van der Waals surface area (Å²) >= 11 is 0. The molecule has 164 valence electrons. The van der Waals surface area contributed by atoms with Gasteiger partial charge >= 0.3 is 6.03 Å². The van der Waals surface area contributed by atoms with E-state index in [2.05, 4.69) is 25.9 Å². The summed E-state index contributed by atoms with van der Waals surface area (Å²) in [5, 5.41) is 14.9. The fraction of sp³-hybridized carbons (Fsp3) is 0.350. The number of nitrogens with two attached hydrogens (primary N) is 1. The predicted molar refractivity (Wildman–Crippen MR) is 115 cm³/mol. The lowest BCUT2D eigenvalue weighted by Crippen LogP contribution is -2.42. The minimum Gasteiger partial charge on any atom is -0.378 e. The van der Waals surface area contributed by atoms with Crippen LogP contribution in [-0.4, -0.2) is 65.6 Å². The smallest absolute Gasteiger partial charge is 0.321 e. The van der Waals surface area contributed by atoms with Crippen molar-refractivity contribution >= 4 is 23.8 Å². The highest BCUT2D eigenvalue weighted by molar-refractivity contribution is 5.93. The van der Waals surface area contributed by atoms with Gasteiger partial charge in [-0.25, -0.2) is 14.8 Å². The second-order valence-corrected chi connectivity index (χ2v) is 6.89. The highest BCUT2D eigenvalue weighted by atomic mass is 16.5. The lowest BCUT2D eigenvalue weighted by Gasteiger charge is -2.26. The summed E-state index contributed by atoms with van der Waals surface area (Å²) in [6, 6.07) is 7.05. The van der Waals surface area contributed by atoms with Crippen LogP contribution >= 0.6 is 0 Å². The Kier molecular flexibility index (Phi) is 7.71. The van der Waals surface area contributed by atoms with E-state index in [0.29, 0.717) is 45.2 Å². The van der Waals surface area contributed by atoms with Gasteiger partial charge in [0.25, 0.3) is 0 Å². The zero-order valence-electron chi connectivity index (χ0n) is 17.1. The van der Waals surface area contributed by atoms with E-state index >= 15 is 0 Å². The SMILES string of the molecule is N=C(N)NC(=O)NCc1cccc(-c2cnc(NCCC(=O)N3CCOCC3)nc2)c1. The van der Waals surface area contributed by atoms with Crippen molar-refractivity contribution in [2.24, 2.45) is 5.73 Å². The molecule has 1 aliphatic heterocycles. The van der Waals surface area contributed by atoms with Crippen molar-refractivity contribution in [3.8, 4) is 11.1 Å². The van der Waals surface area contributed by atoms with E-state index in [-0.39, 0.29) is 12.5 Å². The molecular formula is C20H26N8O3. The van der Waals surface area contributed by atoms with E-state index in [1.807, 2.05) is 24.3 Å². The van der Waals surface area contributed by atoms with Gasteiger partial charge in [0, 0.05) is 50.6 Å². The maximum absolute atomic E-state index is 12.1. The van der Waals surface area contributed by atoms with Crippen LogP contribution in [0, 0.1) is 5.41 Å². The maximum Gasteiger partial charge on any atom is 0.321 e. The average molecular weight is 426 g/mol. The molecule has 1 aromatic heterocycles. The van der Waals surface area contributed by atoms with Crippen LogP contribution in [0.25, 0.3) is 11.1 Å². The van der Waals surface area contributed by atoms with Gasteiger partial charge in [-0.3, -0.25) is 15.5 Å². The van der Waals surface area contributed by atoms with E-state index in [1.54, 1.807) is 17.3 Å². The summed E-state index contributed by atoms with van der Waals surface area (Å²) in [6.45, 7) is 3.20. The molecule has 0 saturated carbocycles. The highest BCUT2D eigenvalue weighted by Crippen LogP contribution is 2.19. The summed E-state index contributed by atoms with van der Waals surface area (Å²) in [5.41, 5.74) is 7.73. The number of carbonyl (C=O) groups is 2. The van der Waals surface area contributed by atoms with Crippen molar-refractivity contribution in [1.82, 2.24) is 25.5 Å². The number of rotatable bonds is 7. The standard InChI is InChI=1S/C20H26N8O3/c21-18(22)27-20(30)26-11-14-2-1-3-15(10-14)16-12-24-19(25-13-16)23-5-4-17(29)28-6-8-31-9-7-28/h1-3,10,12-13H,4-9,11H2,(H,23,24,25)(H5,21,22,26,27,30). The van der Waals surface area contributed by atoms with Crippen LogP contribution in [0.3, 0.4) is 0 Å². The van der Waals surface area contributed by atoms with E-state index < -0.39 is 12.0 Å². The number of aromatic nitrogens is 2. The molecule has 6 N–H and O–H groups in total. The second kappa shape index (κ2) is 10.9. The number of morpholine rings is 1. The van der Waals surface area contributed by atoms with Crippen molar-refractivity contribution in [2.45, 2.75) is 13.0 Å². The number of nitrogens with one attached hydrogen (secondary N) is 4. The Labute approximate surface area is 179 Å². The number of hydrogen-bond acceptors (Lipinski definition) is 7. The summed E-state index contributed by atoms with van der Waals surface area (Å²) in [5.74, 6) is 0.134. The van der Waals surface area contributed by atoms with E-state index in [4.69, 9.17) is 15.9 Å². The van der Waals surface area contributed by atoms with E-state index in [1.165, 1.54) is 0 Å². The average Bonchev–Trinajstić information content (AvgIpc) is 2.78. The van der Waals surface area contributed by atoms with Gasteiger partial charge in [0.15, 0.2) is 5.96 Å². The minimum absolute atomic E-state index is 0.0924. The van der Waals surface area contributed by atoms with Gasteiger partial charge < -0.3 is 26.0 Å². The highest BCUT2D eigenvalue weighted by Gasteiger charge is 2.16. The molecule has 1 saturated heterocycles. The van der Waals surface area contributed by atoms with Crippen LogP contribution in [-0.2, 0) is 16.1 Å². The molecule has 31 heavy (non-hydrogen) atoms. The Balaban J connectivity index is 1.49. The number of nitrogens with zero attached hydrogens (tertiary/aromatic N) is 3. The number of ether oxygens (including phenoxy) is 1. The third-order valence-corrected chi connectivity index (χ3v) is 4.60. The van der Waals surface area contributed by atoms with Crippen LogP contribution in [0.15, 0.2) is 36.7 Å². The zero-order valence-corrected chi connectivity index (χ0v) is 17.1. The quantitative estimate of drug-likeness (QED) is 0.318. The Morgan fingerprint density at radius 1 is 1.16 bits per heavy atom. The van der Waals surface area contributed by atoms with Crippen LogP contribution in [0.1, 0.15) is 12.0 Å². The zero-order chi connectivity index (χ0) is 22.1. The van der Waals surface area contributed by atoms with Crippen LogP contribution in [0.4, 0.5) is 10.7 Å². The summed E-state index contributed by atoms with van der Waals surface area (Å²) in [6.07, 6.45) is 3.78. The van der Waals surface area contributed by atoms with Crippen molar-refractivity contribution in [2.75, 3.05) is 38.2 Å². The van der Waals surface area contributed by atoms with Crippen molar-refractivity contribution in [3.05, 3.63) is 42.2 Å². The predicted octanol–water partition coefficient (Wildman–Crippen LogP) is 0.497. The lowest BCUT2D eigenvalue weighted by molar-refractivity contribution is -0.134. The summed E-state index contributed by atoms with van der Waals surface area (Å²) in [4.78, 5) is 34.1. The van der Waals surface area contributed by atoms with Gasteiger partial charge in [0.1, 0.15) is 0 Å². The van der Waals surface area contributed by atoms with Gasteiger partial charge in [0.05, 0.1) is 13.2 Å². The molecule has 0 radical (unpaired) electrons. The third-order valence-electron chi connectivity index (χ3n) is 4.60. The van der Waals surface area contributed by atoms with E-state index in [9.17, 15) is 9.59 Å². The fourth-order valence-electron chi connectivity index (χ4n) is 3.03. The molecule has 0 unspecified atom stereocenters. The second-order valence-electron chi connectivity index (χ2n) is 6.89. The molecule has 11 nitrogen and oxygen atoms in total. The van der Waals surface area contributed by atoms with Gasteiger partial charge in [-0.2, -0.15) is 0 Å². The third kappa shape index (κ3) is 6.93. The first-order chi connectivity index (χ1) is 15.0. The molecule has 1 aromatic carbocycles. The summed E-state index contributed by atoms with van der Waals surface area (Å²) in [7, 11) is 0. The first kappa shape index (κ1) is 22.0. The largest absolute Gasteiger partial charge is 0.378 e. The normalized spacial score (nSPS) is 13.4. The Morgan fingerprint density at radius 3 is 2.61 bits per heavy atom. The van der Waals surface area contributed by atoms with Crippen molar-refractivity contribution in [1.29, 1.82) is 5.41 Å². The molecule has 0 bridgehead atoms. The molecule has 2 aromatic rings. The van der Waals surface area contributed by atoms with E-state index in [0.717, 1.165) is 16.7 Å². The van der Waals surface area contributed by atoms with Crippen molar-refractivity contribution in [3.63, 3.8) is 0 Å². The van der Waals surface area contributed by atoms with Gasteiger partial charge in [-0.05, 0) is 17.2 Å². The van der Waals surface area contributed by atoms with Crippen LogP contribution in [0.2, 0.25) is 0 Å². The minimum atomic E-state index is -0.538. The topological polar surface area (TPSA) is 158 Å². The molecule has 11 heteroatoms. The Hall–Kier alpha value is -3.73. The van der Waals surface area contributed by atoms with Gasteiger partial charge in [0.2, 0.25) is 11.9 Å².